The largest absolute Gasteiger partial charge is 0.380 e. The number of hydrogen-bond donors (Lipinski definition) is 1. The van der Waals surface area contributed by atoms with Crippen molar-refractivity contribution < 1.29 is 13.9 Å². The minimum absolute atomic E-state index is 0. The number of nitrogens with two attached hydrogens (primary N) is 1. The molecule has 146 valence electrons. The molecule has 6 heteroatoms. The fourth-order valence-corrected chi connectivity index (χ4v) is 4.26. The summed E-state index contributed by atoms with van der Waals surface area (Å²) in [6.45, 7) is 1.65. The Morgan fingerprint density at radius 3 is 2.42 bits per heavy atom. The summed E-state index contributed by atoms with van der Waals surface area (Å²) in [6.07, 6.45) is 5.56. The highest BCUT2D eigenvalue weighted by Crippen LogP contribution is 2.29. The second kappa shape index (κ2) is 9.67. The van der Waals surface area contributed by atoms with Crippen LogP contribution in [0.2, 0.25) is 0 Å². The monoisotopic (exact) mass is 384 g/mol. The minimum atomic E-state index is -0.189. The van der Waals surface area contributed by atoms with E-state index >= 15 is 0 Å². The van der Waals surface area contributed by atoms with Gasteiger partial charge >= 0.3 is 0 Å². The molecular formula is C20H30ClFN2O2. The number of nitrogens with zero attached hydrogens (tertiary/aromatic N) is 1. The van der Waals surface area contributed by atoms with Gasteiger partial charge in [0.1, 0.15) is 5.82 Å². The number of hydrogen-bond acceptors (Lipinski definition) is 3. The molecule has 1 heterocycles. The van der Waals surface area contributed by atoms with Gasteiger partial charge in [-0.1, -0.05) is 12.1 Å². The highest BCUT2D eigenvalue weighted by molar-refractivity contribution is 5.85. The second-order valence-electron chi connectivity index (χ2n) is 7.55. The number of benzene rings is 1. The Labute approximate surface area is 161 Å². The number of ether oxygens (including phenoxy) is 1. The van der Waals surface area contributed by atoms with E-state index in [4.69, 9.17) is 10.5 Å². The number of likely N-dealkylation sites (tertiary alicyclic amines) is 1. The van der Waals surface area contributed by atoms with Gasteiger partial charge in [0.25, 0.3) is 0 Å². The zero-order valence-corrected chi connectivity index (χ0v) is 16.2. The van der Waals surface area contributed by atoms with E-state index in [-0.39, 0.29) is 42.2 Å². The molecule has 3 rings (SSSR count). The molecule has 3 atom stereocenters. The lowest BCUT2D eigenvalue weighted by Crippen LogP contribution is -2.48. The van der Waals surface area contributed by atoms with Gasteiger partial charge in [-0.25, -0.2) is 4.39 Å². The Morgan fingerprint density at radius 1 is 1.19 bits per heavy atom. The van der Waals surface area contributed by atoms with Crippen LogP contribution in [0.3, 0.4) is 0 Å². The third kappa shape index (κ3) is 5.18. The molecular weight excluding hydrogens is 355 g/mol. The first-order valence-corrected chi connectivity index (χ1v) is 9.38. The zero-order valence-electron chi connectivity index (χ0n) is 15.4. The first kappa shape index (κ1) is 21.1. The number of carbonyl (C=O) groups excluding carboxylic acids is 1. The molecule has 0 bridgehead atoms. The smallest absolute Gasteiger partial charge is 0.225 e. The molecule has 1 aliphatic heterocycles. The summed E-state index contributed by atoms with van der Waals surface area (Å²) < 4.78 is 18.4. The average molecular weight is 385 g/mol. The fourth-order valence-electron chi connectivity index (χ4n) is 4.26. The van der Waals surface area contributed by atoms with Gasteiger partial charge in [-0.15, -0.1) is 12.4 Å². The van der Waals surface area contributed by atoms with Gasteiger partial charge in [0, 0.05) is 32.2 Å². The summed E-state index contributed by atoms with van der Waals surface area (Å²) in [7, 11) is 1.69. The van der Waals surface area contributed by atoms with Gasteiger partial charge < -0.3 is 15.4 Å². The standard InChI is InChI=1S/C20H29FN2O2.ClH/c1-25-19-7-4-16(13-18(19)22)20(24)23-10-8-15(9-11-23)12-14-2-5-17(21)6-3-14;/h2-3,5-6,15-16,18-19H,4,7-13,22H2,1H3;1H/t16-,18+,19+;/m0./s1. The predicted octanol–water partition coefficient (Wildman–Crippen LogP) is 3.17. The maximum Gasteiger partial charge on any atom is 0.225 e. The van der Waals surface area contributed by atoms with Crippen molar-refractivity contribution in [2.45, 2.75) is 50.7 Å². The Hall–Kier alpha value is -1.17. The van der Waals surface area contributed by atoms with Crippen molar-refractivity contribution in [1.29, 1.82) is 0 Å². The number of methoxy groups -OCH3 is 1. The molecule has 1 amide bonds. The Kier molecular flexibility index (Phi) is 7.86. The Balaban J connectivity index is 0.00000243. The molecule has 0 unspecified atom stereocenters. The van der Waals surface area contributed by atoms with Crippen LogP contribution >= 0.6 is 12.4 Å². The lowest BCUT2D eigenvalue weighted by atomic mass is 9.82. The number of amides is 1. The zero-order chi connectivity index (χ0) is 17.8. The number of piperidine rings is 1. The van der Waals surface area contributed by atoms with Crippen LogP contribution < -0.4 is 5.73 Å². The van der Waals surface area contributed by atoms with Crippen molar-refractivity contribution in [2.75, 3.05) is 20.2 Å². The molecule has 26 heavy (non-hydrogen) atoms. The molecule has 2 fully saturated rings. The quantitative estimate of drug-likeness (QED) is 0.867. The van der Waals surface area contributed by atoms with Crippen LogP contribution in [0.25, 0.3) is 0 Å². The Bertz CT molecular complexity index is 576. The maximum atomic E-state index is 13.0. The fraction of sp³-hybridized carbons (Fsp3) is 0.650. The van der Waals surface area contributed by atoms with Crippen LogP contribution in [-0.4, -0.2) is 43.2 Å². The SMILES string of the molecule is CO[C@@H]1CC[C@H](C(=O)N2CCC(Cc3ccc(F)cc3)CC2)C[C@H]1N.Cl. The molecule has 4 nitrogen and oxygen atoms in total. The summed E-state index contributed by atoms with van der Waals surface area (Å²) in [5, 5.41) is 0. The third-order valence-corrected chi connectivity index (χ3v) is 5.85. The lowest BCUT2D eigenvalue weighted by Gasteiger charge is -2.38. The van der Waals surface area contributed by atoms with Gasteiger partial charge in [-0.3, -0.25) is 4.79 Å². The Morgan fingerprint density at radius 2 is 1.85 bits per heavy atom. The maximum absolute atomic E-state index is 13.0. The van der Waals surface area contributed by atoms with Crippen LogP contribution in [0.5, 0.6) is 0 Å². The van der Waals surface area contributed by atoms with Crippen LogP contribution in [0.15, 0.2) is 24.3 Å². The summed E-state index contributed by atoms with van der Waals surface area (Å²) in [5.41, 5.74) is 7.32. The normalized spacial score (nSPS) is 27.0. The molecule has 1 saturated carbocycles. The second-order valence-corrected chi connectivity index (χ2v) is 7.55. The summed E-state index contributed by atoms with van der Waals surface area (Å²) >= 11 is 0. The van der Waals surface area contributed by atoms with Gasteiger partial charge in [0.05, 0.1) is 6.10 Å². The first-order valence-electron chi connectivity index (χ1n) is 9.38. The van der Waals surface area contributed by atoms with E-state index in [1.54, 1.807) is 7.11 Å². The van der Waals surface area contributed by atoms with Crippen LogP contribution in [0, 0.1) is 17.7 Å². The predicted molar refractivity (Wildman–Crippen MR) is 103 cm³/mol. The van der Waals surface area contributed by atoms with Crippen molar-refractivity contribution in [3.63, 3.8) is 0 Å². The van der Waals surface area contributed by atoms with Crippen LogP contribution in [-0.2, 0) is 16.0 Å². The molecule has 0 aromatic heterocycles. The van der Waals surface area contributed by atoms with Crippen molar-refractivity contribution in [2.24, 2.45) is 17.6 Å². The third-order valence-electron chi connectivity index (χ3n) is 5.85. The van der Waals surface area contributed by atoms with E-state index in [0.717, 1.165) is 51.6 Å². The molecule has 2 aliphatic rings. The average Bonchev–Trinajstić information content (AvgIpc) is 2.63. The number of rotatable bonds is 4. The van der Waals surface area contributed by atoms with E-state index in [1.165, 1.54) is 17.7 Å². The lowest BCUT2D eigenvalue weighted by molar-refractivity contribution is -0.139. The van der Waals surface area contributed by atoms with Gasteiger partial charge in [-0.2, -0.15) is 0 Å². The number of halogens is 2. The number of carbonyl (C=O) groups is 1. The first-order chi connectivity index (χ1) is 12.1. The molecule has 1 aliphatic carbocycles. The summed E-state index contributed by atoms with van der Waals surface area (Å²) in [6, 6.07) is 6.73. The molecule has 2 N–H and O–H groups in total. The van der Waals surface area contributed by atoms with E-state index in [0.29, 0.717) is 5.92 Å². The van der Waals surface area contributed by atoms with E-state index in [9.17, 15) is 9.18 Å². The van der Waals surface area contributed by atoms with Crippen LogP contribution in [0.1, 0.15) is 37.7 Å². The molecule has 1 aromatic rings. The molecule has 1 saturated heterocycles. The van der Waals surface area contributed by atoms with Crippen molar-refractivity contribution in [1.82, 2.24) is 4.90 Å². The van der Waals surface area contributed by atoms with Gasteiger partial charge in [0.15, 0.2) is 0 Å². The van der Waals surface area contributed by atoms with E-state index < -0.39 is 0 Å². The molecule has 0 spiro atoms. The van der Waals surface area contributed by atoms with Crippen molar-refractivity contribution >= 4 is 18.3 Å². The summed E-state index contributed by atoms with van der Waals surface area (Å²) in [4.78, 5) is 14.8. The van der Waals surface area contributed by atoms with Crippen LogP contribution in [0.4, 0.5) is 4.39 Å². The molecule has 0 radical (unpaired) electrons. The highest BCUT2D eigenvalue weighted by atomic mass is 35.5. The highest BCUT2D eigenvalue weighted by Gasteiger charge is 2.35. The topological polar surface area (TPSA) is 55.6 Å². The van der Waals surface area contributed by atoms with E-state index in [2.05, 4.69) is 0 Å². The van der Waals surface area contributed by atoms with Gasteiger partial charge in [0.2, 0.25) is 5.91 Å². The van der Waals surface area contributed by atoms with Gasteiger partial charge in [-0.05, 0) is 62.1 Å². The van der Waals surface area contributed by atoms with Crippen molar-refractivity contribution in [3.8, 4) is 0 Å². The minimum Gasteiger partial charge on any atom is -0.380 e. The van der Waals surface area contributed by atoms with Crippen molar-refractivity contribution in [3.05, 3.63) is 35.6 Å². The summed E-state index contributed by atoms with van der Waals surface area (Å²) in [5.74, 6) is 0.701. The van der Waals surface area contributed by atoms with E-state index in [1.807, 2.05) is 17.0 Å². The molecule has 1 aromatic carbocycles.